The highest BCUT2D eigenvalue weighted by Crippen LogP contribution is 2.31. The number of aryl methyl sites for hydroxylation is 1. The molecule has 0 radical (unpaired) electrons. The summed E-state index contributed by atoms with van der Waals surface area (Å²) in [5.74, 6) is -1.90. The second kappa shape index (κ2) is 11.8. The lowest BCUT2D eigenvalue weighted by Crippen LogP contribution is -2.36. The number of morpholine rings is 1. The monoisotopic (exact) mass is 546 g/mol. The molecule has 0 bridgehead atoms. The van der Waals surface area contributed by atoms with Crippen molar-refractivity contribution in [1.82, 2.24) is 4.57 Å². The van der Waals surface area contributed by atoms with Gasteiger partial charge in [-0.25, -0.2) is 9.18 Å². The number of aromatic nitrogens is 1. The minimum Gasteiger partial charge on any atom is -0.477 e. The van der Waals surface area contributed by atoms with Crippen LogP contribution in [-0.2, 0) is 22.3 Å². The van der Waals surface area contributed by atoms with Gasteiger partial charge in [0, 0.05) is 43.9 Å². The molecule has 0 aliphatic carbocycles. The lowest BCUT2D eigenvalue weighted by atomic mass is 9.94. The molecule has 0 amide bonds. The van der Waals surface area contributed by atoms with Crippen LogP contribution in [0.1, 0.15) is 46.9 Å². The van der Waals surface area contributed by atoms with Crippen molar-refractivity contribution in [2.24, 2.45) is 0 Å². The molecule has 8 nitrogen and oxygen atoms in total. The molecule has 0 saturated carbocycles. The van der Waals surface area contributed by atoms with Gasteiger partial charge in [-0.05, 0) is 54.3 Å². The average molecular weight is 547 g/mol. The Bertz CT molecular complexity index is 1400. The van der Waals surface area contributed by atoms with Gasteiger partial charge in [0.1, 0.15) is 11.4 Å². The number of pyridine rings is 1. The fourth-order valence-electron chi connectivity index (χ4n) is 4.99. The molecule has 3 aromatic rings. The van der Waals surface area contributed by atoms with Crippen molar-refractivity contribution in [2.75, 3.05) is 44.9 Å². The average Bonchev–Trinajstić information content (AvgIpc) is 2.92. The fraction of sp³-hybridized carbons (Fsp3) is 0.429. The zero-order valence-electron chi connectivity index (χ0n) is 21.7. The Hall–Kier alpha value is -2.98. The first-order valence-corrected chi connectivity index (χ1v) is 13.0. The number of hydrogen-bond acceptors (Lipinski definition) is 6. The first-order chi connectivity index (χ1) is 18.2. The fourth-order valence-corrected chi connectivity index (χ4v) is 5.23. The summed E-state index contributed by atoms with van der Waals surface area (Å²) in [5, 5.41) is 20.0. The van der Waals surface area contributed by atoms with E-state index >= 15 is 4.39 Å². The maximum absolute atomic E-state index is 15.2. The highest BCUT2D eigenvalue weighted by atomic mass is 35.5. The van der Waals surface area contributed by atoms with E-state index < -0.39 is 34.9 Å². The van der Waals surface area contributed by atoms with E-state index in [4.69, 9.17) is 21.1 Å². The Morgan fingerprint density at radius 1 is 1.18 bits per heavy atom. The van der Waals surface area contributed by atoms with Crippen LogP contribution in [0.2, 0.25) is 5.02 Å². The summed E-state index contributed by atoms with van der Waals surface area (Å²) in [6, 6.07) is 6.20. The van der Waals surface area contributed by atoms with Crippen LogP contribution >= 0.6 is 11.6 Å². The van der Waals surface area contributed by atoms with E-state index in [-0.39, 0.29) is 23.4 Å². The van der Waals surface area contributed by atoms with E-state index in [2.05, 4.69) is 4.90 Å². The van der Waals surface area contributed by atoms with Crippen LogP contribution in [0.4, 0.5) is 10.1 Å². The molecule has 1 saturated heterocycles. The standard InChI is InChI=1S/C28H32ClFN2O6/c1-4-17-12-24-21(27(34)22(28(35)36)14-32(24)25(15-33)16(2)37-3)11-18(17)9-19-10-20(13-23(29)26(19)30)31-5-7-38-8-6-31/h10-14,16,25,33H,4-9,15H2,1-3H3,(H,35,36)/t16-,25+/m0/s1. The third-order valence-corrected chi connectivity index (χ3v) is 7.54. The molecular weight excluding hydrogens is 515 g/mol. The van der Waals surface area contributed by atoms with Crippen molar-refractivity contribution in [3.8, 4) is 0 Å². The van der Waals surface area contributed by atoms with Gasteiger partial charge in [0.25, 0.3) is 0 Å². The number of carboxylic acid groups (broad SMARTS) is 1. The van der Waals surface area contributed by atoms with E-state index in [9.17, 15) is 19.8 Å². The smallest absolute Gasteiger partial charge is 0.341 e. The Kier molecular flexibility index (Phi) is 8.72. The van der Waals surface area contributed by atoms with Crippen molar-refractivity contribution in [2.45, 2.75) is 38.8 Å². The van der Waals surface area contributed by atoms with Gasteiger partial charge in [0.05, 0.1) is 42.5 Å². The van der Waals surface area contributed by atoms with E-state index in [1.54, 1.807) is 29.7 Å². The van der Waals surface area contributed by atoms with Gasteiger partial charge in [-0.3, -0.25) is 4.79 Å². The highest BCUT2D eigenvalue weighted by Gasteiger charge is 2.24. The lowest BCUT2D eigenvalue weighted by Gasteiger charge is -2.29. The molecule has 4 rings (SSSR count). The zero-order valence-corrected chi connectivity index (χ0v) is 22.4. The number of carboxylic acids is 1. The summed E-state index contributed by atoms with van der Waals surface area (Å²) in [5.41, 5.74) is 2.15. The van der Waals surface area contributed by atoms with Crippen LogP contribution in [0.5, 0.6) is 0 Å². The van der Waals surface area contributed by atoms with E-state index in [0.29, 0.717) is 49.4 Å². The molecule has 2 heterocycles. The number of ether oxygens (including phenoxy) is 2. The summed E-state index contributed by atoms with van der Waals surface area (Å²) in [6.45, 7) is 5.87. The van der Waals surface area contributed by atoms with E-state index in [1.165, 1.54) is 13.3 Å². The van der Waals surface area contributed by atoms with Crippen molar-refractivity contribution in [3.63, 3.8) is 0 Å². The molecule has 38 heavy (non-hydrogen) atoms. The SMILES string of the molecule is CCc1cc2c(cc1Cc1cc(N3CCOCC3)cc(Cl)c1F)c(=O)c(C(=O)O)cn2[C@H](CO)[C@H](C)OC. The number of aliphatic hydroxyl groups excluding tert-OH is 1. The molecule has 2 N–H and O–H groups in total. The Morgan fingerprint density at radius 2 is 1.89 bits per heavy atom. The number of methoxy groups -OCH3 is 1. The number of fused-ring (bicyclic) bond motifs is 1. The predicted octanol–water partition coefficient (Wildman–Crippen LogP) is 4.05. The van der Waals surface area contributed by atoms with Gasteiger partial charge in [0.15, 0.2) is 0 Å². The van der Waals surface area contributed by atoms with Crippen LogP contribution in [0, 0.1) is 5.82 Å². The Morgan fingerprint density at radius 3 is 2.50 bits per heavy atom. The van der Waals surface area contributed by atoms with Crippen molar-refractivity contribution >= 4 is 34.2 Å². The number of hydrogen-bond donors (Lipinski definition) is 2. The minimum absolute atomic E-state index is 0.0117. The molecule has 10 heteroatoms. The summed E-state index contributed by atoms with van der Waals surface area (Å²) < 4.78 is 27.6. The third-order valence-electron chi connectivity index (χ3n) is 7.27. The zero-order chi connectivity index (χ0) is 27.6. The number of nitrogens with zero attached hydrogens (tertiary/aromatic N) is 2. The lowest BCUT2D eigenvalue weighted by molar-refractivity contribution is 0.0456. The van der Waals surface area contributed by atoms with Crippen molar-refractivity contribution in [1.29, 1.82) is 0 Å². The number of rotatable bonds is 9. The maximum atomic E-state index is 15.2. The molecule has 0 spiro atoms. The van der Waals surface area contributed by atoms with E-state index in [0.717, 1.165) is 11.3 Å². The maximum Gasteiger partial charge on any atom is 0.341 e. The molecular formula is C28H32ClFN2O6. The molecule has 2 atom stereocenters. The summed E-state index contributed by atoms with van der Waals surface area (Å²) in [7, 11) is 1.50. The topological polar surface area (TPSA) is 101 Å². The van der Waals surface area contributed by atoms with Crippen LogP contribution in [0.15, 0.2) is 35.3 Å². The molecule has 0 unspecified atom stereocenters. The number of carbonyl (C=O) groups is 1. The number of benzene rings is 2. The minimum atomic E-state index is -1.37. The molecule has 1 aliphatic rings. The van der Waals surface area contributed by atoms with Gasteiger partial charge in [-0.1, -0.05) is 18.5 Å². The van der Waals surface area contributed by atoms with Crippen molar-refractivity contribution < 1.29 is 28.9 Å². The van der Waals surface area contributed by atoms with Gasteiger partial charge in [-0.15, -0.1) is 0 Å². The molecule has 1 aliphatic heterocycles. The van der Waals surface area contributed by atoms with Crippen LogP contribution in [0.3, 0.4) is 0 Å². The largest absolute Gasteiger partial charge is 0.477 e. The number of anilines is 1. The van der Waals surface area contributed by atoms with Crippen LogP contribution < -0.4 is 10.3 Å². The number of halogens is 2. The molecule has 204 valence electrons. The normalized spacial score (nSPS) is 15.6. The molecule has 1 aromatic heterocycles. The Balaban J connectivity index is 1.89. The van der Waals surface area contributed by atoms with Gasteiger partial charge >= 0.3 is 5.97 Å². The van der Waals surface area contributed by atoms with Crippen molar-refractivity contribution in [3.05, 3.63) is 73.8 Å². The third kappa shape index (κ3) is 5.42. The van der Waals surface area contributed by atoms with Crippen LogP contribution in [0.25, 0.3) is 10.9 Å². The molecule has 1 fully saturated rings. The van der Waals surface area contributed by atoms with E-state index in [1.807, 2.05) is 13.0 Å². The summed E-state index contributed by atoms with van der Waals surface area (Å²) >= 11 is 6.28. The quantitative estimate of drug-likeness (QED) is 0.417. The second-order valence-corrected chi connectivity index (χ2v) is 9.85. The molecule has 2 aromatic carbocycles. The summed E-state index contributed by atoms with van der Waals surface area (Å²) in [4.78, 5) is 27.3. The van der Waals surface area contributed by atoms with Gasteiger partial charge < -0.3 is 29.2 Å². The highest BCUT2D eigenvalue weighted by molar-refractivity contribution is 6.31. The summed E-state index contributed by atoms with van der Waals surface area (Å²) in [6.07, 6.45) is 1.55. The predicted molar refractivity (Wildman–Crippen MR) is 144 cm³/mol. The van der Waals surface area contributed by atoms with Gasteiger partial charge in [-0.2, -0.15) is 0 Å². The van der Waals surface area contributed by atoms with Gasteiger partial charge in [0.2, 0.25) is 5.43 Å². The number of aliphatic hydroxyl groups is 1. The first-order valence-electron chi connectivity index (χ1n) is 12.6. The first kappa shape index (κ1) is 28.0. The Labute approximate surface area is 225 Å². The second-order valence-electron chi connectivity index (χ2n) is 9.44. The number of aromatic carboxylic acids is 1. The van der Waals surface area contributed by atoms with Crippen LogP contribution in [-0.4, -0.2) is 66.9 Å².